The maximum atomic E-state index is 12.1. The van der Waals surface area contributed by atoms with Crippen LogP contribution in [0.15, 0.2) is 24.3 Å². The molecule has 3 nitrogen and oxygen atoms in total. The topological polar surface area (TPSA) is 42.0 Å². The van der Waals surface area contributed by atoms with Gasteiger partial charge in [-0.1, -0.05) is 37.1 Å². The van der Waals surface area contributed by atoms with Crippen molar-refractivity contribution in [3.05, 3.63) is 40.7 Å². The molecule has 0 unspecified atom stereocenters. The Morgan fingerprint density at radius 3 is 2.83 bits per heavy atom. The predicted molar refractivity (Wildman–Crippen MR) is 72.9 cm³/mol. The van der Waals surface area contributed by atoms with Crippen LogP contribution >= 0.6 is 11.6 Å². The summed E-state index contributed by atoms with van der Waals surface area (Å²) in [4.78, 5) is 16.3. The molecule has 0 bridgehead atoms. The summed E-state index contributed by atoms with van der Waals surface area (Å²) < 4.78 is 0. The van der Waals surface area contributed by atoms with Crippen molar-refractivity contribution in [2.75, 3.05) is 0 Å². The lowest BCUT2D eigenvalue weighted by atomic mass is 10.1. The Bertz CT molecular complexity index is 463. The maximum absolute atomic E-state index is 12.1. The zero-order chi connectivity index (χ0) is 13.0. The number of hydrogen-bond donors (Lipinski definition) is 1. The van der Waals surface area contributed by atoms with Crippen LogP contribution < -0.4 is 5.32 Å². The van der Waals surface area contributed by atoms with E-state index in [9.17, 15) is 4.79 Å². The van der Waals surface area contributed by atoms with Crippen molar-refractivity contribution in [3.63, 3.8) is 0 Å². The Hall–Kier alpha value is -1.35. The molecule has 1 amide bonds. The number of hydrogen-bond acceptors (Lipinski definition) is 2. The third kappa shape index (κ3) is 3.33. The third-order valence-electron chi connectivity index (χ3n) is 2.96. The monoisotopic (exact) mass is 264 g/mol. The Labute approximate surface area is 112 Å². The zero-order valence-electron chi connectivity index (χ0n) is 10.4. The fraction of sp³-hybridized carbons (Fsp3) is 0.429. The second kappa shape index (κ2) is 6.01. The molecule has 1 N–H and O–H groups in total. The minimum Gasteiger partial charge on any atom is -0.349 e. The second-order valence-electron chi connectivity index (χ2n) is 4.53. The highest BCUT2D eigenvalue weighted by molar-refractivity contribution is 6.29. The van der Waals surface area contributed by atoms with Crippen molar-refractivity contribution in [1.29, 1.82) is 0 Å². The number of aromatic nitrogens is 1. The molecule has 96 valence electrons. The fourth-order valence-corrected chi connectivity index (χ4v) is 2.30. The van der Waals surface area contributed by atoms with E-state index in [0.717, 1.165) is 31.4 Å². The number of rotatable bonds is 4. The summed E-state index contributed by atoms with van der Waals surface area (Å²) in [6.07, 6.45) is 7.82. The Morgan fingerprint density at radius 1 is 1.44 bits per heavy atom. The van der Waals surface area contributed by atoms with E-state index in [0.29, 0.717) is 10.7 Å². The molecule has 1 heterocycles. The Balaban J connectivity index is 2.08. The highest BCUT2D eigenvalue weighted by Crippen LogP contribution is 2.14. The smallest absolute Gasteiger partial charge is 0.251 e. The number of carbonyl (C=O) groups is 1. The number of carbonyl (C=O) groups excluding carboxylic acids is 1. The number of nitrogens with zero attached hydrogens (tertiary/aromatic N) is 1. The SMILES string of the molecule is CCCc1cc(C(=O)NC2CC=CC2)cc(Cl)n1. The molecule has 1 aromatic heterocycles. The van der Waals surface area contributed by atoms with Crippen molar-refractivity contribution in [2.45, 2.75) is 38.6 Å². The van der Waals surface area contributed by atoms with Crippen LogP contribution in [0.2, 0.25) is 5.15 Å². The lowest BCUT2D eigenvalue weighted by Gasteiger charge is -2.12. The standard InChI is InChI=1S/C14H17ClN2O/c1-2-5-12-8-10(9-13(15)16-12)14(18)17-11-6-3-4-7-11/h3-4,8-9,11H,2,5-7H2,1H3,(H,17,18). The molecule has 0 saturated carbocycles. The molecule has 0 saturated heterocycles. The summed E-state index contributed by atoms with van der Waals surface area (Å²) in [7, 11) is 0. The molecular weight excluding hydrogens is 248 g/mol. The van der Waals surface area contributed by atoms with Crippen LogP contribution in [-0.4, -0.2) is 16.9 Å². The van der Waals surface area contributed by atoms with Gasteiger partial charge in [-0.2, -0.15) is 0 Å². The number of amides is 1. The van der Waals surface area contributed by atoms with Crippen molar-refractivity contribution < 1.29 is 4.79 Å². The van der Waals surface area contributed by atoms with Crippen LogP contribution in [0.1, 0.15) is 42.2 Å². The number of halogens is 1. The normalized spacial score (nSPS) is 15.0. The van der Waals surface area contributed by atoms with Gasteiger partial charge in [-0.15, -0.1) is 0 Å². The lowest BCUT2D eigenvalue weighted by molar-refractivity contribution is 0.0938. The number of nitrogens with one attached hydrogen (secondary N) is 1. The van der Waals surface area contributed by atoms with Crippen molar-refractivity contribution in [2.24, 2.45) is 0 Å². The number of pyridine rings is 1. The van der Waals surface area contributed by atoms with Gasteiger partial charge in [-0.3, -0.25) is 4.79 Å². The molecule has 0 atom stereocenters. The van der Waals surface area contributed by atoms with E-state index >= 15 is 0 Å². The van der Waals surface area contributed by atoms with E-state index in [1.807, 2.05) is 6.07 Å². The second-order valence-corrected chi connectivity index (χ2v) is 4.92. The van der Waals surface area contributed by atoms with Crippen LogP contribution in [0.4, 0.5) is 0 Å². The molecule has 18 heavy (non-hydrogen) atoms. The largest absolute Gasteiger partial charge is 0.349 e. The minimum atomic E-state index is -0.0645. The summed E-state index contributed by atoms with van der Waals surface area (Å²) in [6.45, 7) is 2.08. The average molecular weight is 265 g/mol. The predicted octanol–water partition coefficient (Wildman–Crippen LogP) is 3.14. The zero-order valence-corrected chi connectivity index (χ0v) is 11.2. The van der Waals surface area contributed by atoms with E-state index in [2.05, 4.69) is 29.4 Å². The van der Waals surface area contributed by atoms with Crippen LogP contribution in [0.5, 0.6) is 0 Å². The summed E-state index contributed by atoms with van der Waals surface area (Å²) >= 11 is 5.94. The van der Waals surface area contributed by atoms with E-state index in [-0.39, 0.29) is 11.9 Å². The molecule has 0 aliphatic heterocycles. The molecule has 1 aromatic rings. The summed E-state index contributed by atoms with van der Waals surface area (Å²) in [6, 6.07) is 3.67. The fourth-order valence-electron chi connectivity index (χ4n) is 2.07. The first-order valence-electron chi connectivity index (χ1n) is 6.31. The minimum absolute atomic E-state index is 0.0645. The Kier molecular flexibility index (Phi) is 4.37. The lowest BCUT2D eigenvalue weighted by Crippen LogP contribution is -2.32. The molecule has 0 fully saturated rings. The van der Waals surface area contributed by atoms with Gasteiger partial charge >= 0.3 is 0 Å². The van der Waals surface area contributed by atoms with Gasteiger partial charge < -0.3 is 5.32 Å². The molecule has 4 heteroatoms. The summed E-state index contributed by atoms with van der Waals surface area (Å²) in [5, 5.41) is 3.39. The first-order chi connectivity index (χ1) is 8.69. The van der Waals surface area contributed by atoms with E-state index in [1.165, 1.54) is 0 Å². The van der Waals surface area contributed by atoms with Crippen LogP contribution in [0.25, 0.3) is 0 Å². The maximum Gasteiger partial charge on any atom is 0.251 e. The molecule has 1 aliphatic rings. The van der Waals surface area contributed by atoms with E-state index in [4.69, 9.17) is 11.6 Å². The first-order valence-corrected chi connectivity index (χ1v) is 6.69. The van der Waals surface area contributed by atoms with Gasteiger partial charge in [0.15, 0.2) is 0 Å². The summed E-state index contributed by atoms with van der Waals surface area (Å²) in [5.41, 5.74) is 1.48. The van der Waals surface area contributed by atoms with Crippen LogP contribution in [-0.2, 0) is 6.42 Å². The molecule has 2 rings (SSSR count). The highest BCUT2D eigenvalue weighted by Gasteiger charge is 2.15. The van der Waals surface area contributed by atoms with E-state index < -0.39 is 0 Å². The van der Waals surface area contributed by atoms with Gasteiger partial charge in [-0.25, -0.2) is 4.98 Å². The van der Waals surface area contributed by atoms with Gasteiger partial charge in [0.2, 0.25) is 0 Å². The van der Waals surface area contributed by atoms with E-state index in [1.54, 1.807) is 6.07 Å². The quantitative estimate of drug-likeness (QED) is 0.671. The average Bonchev–Trinajstić information content (AvgIpc) is 2.81. The Morgan fingerprint density at radius 2 is 2.17 bits per heavy atom. The van der Waals surface area contributed by atoms with Gasteiger partial charge in [0, 0.05) is 17.3 Å². The van der Waals surface area contributed by atoms with Gasteiger partial charge in [-0.05, 0) is 31.4 Å². The van der Waals surface area contributed by atoms with Crippen molar-refractivity contribution >= 4 is 17.5 Å². The van der Waals surface area contributed by atoms with Crippen LogP contribution in [0, 0.1) is 0 Å². The molecule has 1 aliphatic carbocycles. The first kappa shape index (κ1) is 13.1. The van der Waals surface area contributed by atoms with Crippen molar-refractivity contribution in [1.82, 2.24) is 10.3 Å². The molecular formula is C14H17ClN2O. The third-order valence-corrected chi connectivity index (χ3v) is 3.15. The van der Waals surface area contributed by atoms with Gasteiger partial charge in [0.1, 0.15) is 5.15 Å². The molecule has 0 aromatic carbocycles. The van der Waals surface area contributed by atoms with Gasteiger partial charge in [0.25, 0.3) is 5.91 Å². The molecule has 0 radical (unpaired) electrons. The van der Waals surface area contributed by atoms with Crippen molar-refractivity contribution in [3.8, 4) is 0 Å². The highest BCUT2D eigenvalue weighted by atomic mass is 35.5. The number of aryl methyl sites for hydroxylation is 1. The van der Waals surface area contributed by atoms with Gasteiger partial charge in [0.05, 0.1) is 0 Å². The summed E-state index contributed by atoms with van der Waals surface area (Å²) in [5.74, 6) is -0.0645. The molecule has 0 spiro atoms. The van der Waals surface area contributed by atoms with Crippen LogP contribution in [0.3, 0.4) is 0 Å².